The van der Waals surface area contributed by atoms with Crippen molar-refractivity contribution >= 4 is 33.7 Å². The molecule has 2 aromatic carbocycles. The van der Waals surface area contributed by atoms with E-state index in [9.17, 15) is 0 Å². The third-order valence-corrected chi connectivity index (χ3v) is 3.28. The Kier molecular flexibility index (Phi) is 2.45. The van der Waals surface area contributed by atoms with Gasteiger partial charge in [-0.2, -0.15) is 4.57 Å². The van der Waals surface area contributed by atoms with Gasteiger partial charge in [0.15, 0.2) is 5.52 Å². The van der Waals surface area contributed by atoms with E-state index in [-0.39, 0.29) is 0 Å². The van der Waals surface area contributed by atoms with Gasteiger partial charge >= 0.3 is 0 Å². The summed E-state index contributed by atoms with van der Waals surface area (Å²) in [5.41, 5.74) is 4.08. The Morgan fingerprint density at radius 3 is 2.65 bits per heavy atom. The Balaban J connectivity index is 2.58. The van der Waals surface area contributed by atoms with Crippen LogP contribution in [0.15, 0.2) is 42.5 Å². The highest BCUT2D eigenvalue weighted by molar-refractivity contribution is 6.34. The monoisotopic (exact) mass is 243 g/mol. The van der Waals surface area contributed by atoms with Crippen molar-refractivity contribution in [1.29, 1.82) is 0 Å². The number of benzene rings is 2. The van der Waals surface area contributed by atoms with E-state index in [4.69, 9.17) is 11.6 Å². The van der Waals surface area contributed by atoms with Crippen molar-refractivity contribution in [2.45, 2.75) is 13.5 Å². The maximum Gasteiger partial charge on any atom is 0.233 e. The number of halogens is 1. The molecule has 0 amide bonds. The molecule has 0 spiro atoms. The minimum Gasteiger partial charge on any atom is -0.233 e. The highest BCUT2D eigenvalue weighted by Gasteiger charge is 2.15. The fraction of sp³-hybridized carbons (Fsp3) is 0.143. The van der Waals surface area contributed by atoms with Crippen LogP contribution in [0.3, 0.4) is 0 Å². The third kappa shape index (κ3) is 1.56. The number of hydrogen-bond acceptors (Lipinski definition) is 1. The summed E-state index contributed by atoms with van der Waals surface area (Å²) in [5, 5.41) is 0.704. The Bertz CT molecular complexity index is 707. The van der Waals surface area contributed by atoms with E-state index in [1.807, 2.05) is 30.3 Å². The first-order valence-corrected chi connectivity index (χ1v) is 6.06. The molecule has 0 bridgehead atoms. The number of fused-ring (bicyclic) bond motifs is 2. The summed E-state index contributed by atoms with van der Waals surface area (Å²) in [5.74, 6) is 0. The summed E-state index contributed by atoms with van der Waals surface area (Å²) < 4.78 is 2.24. The van der Waals surface area contributed by atoms with Crippen LogP contribution in [0.1, 0.15) is 6.92 Å². The lowest BCUT2D eigenvalue weighted by Gasteiger charge is -2.03. The second-order valence-corrected chi connectivity index (χ2v) is 4.36. The Hall–Kier alpha value is -1.67. The molecule has 0 unspecified atom stereocenters. The van der Waals surface area contributed by atoms with Gasteiger partial charge in [-0.3, -0.25) is 0 Å². The molecule has 0 aliphatic heterocycles. The van der Waals surface area contributed by atoms with Crippen LogP contribution < -0.4 is 4.57 Å². The fourth-order valence-corrected chi connectivity index (χ4v) is 2.42. The van der Waals surface area contributed by atoms with Gasteiger partial charge in [-0.15, -0.1) is 0 Å². The molecule has 3 rings (SSSR count). The van der Waals surface area contributed by atoms with E-state index in [1.165, 1.54) is 0 Å². The quantitative estimate of drug-likeness (QED) is 0.473. The Morgan fingerprint density at radius 2 is 1.82 bits per heavy atom. The van der Waals surface area contributed by atoms with Gasteiger partial charge in [0.2, 0.25) is 11.0 Å². The number of para-hydroxylation sites is 3. The average Bonchev–Trinajstić information content (AvgIpc) is 2.37. The second-order valence-electron chi connectivity index (χ2n) is 3.95. The van der Waals surface area contributed by atoms with Gasteiger partial charge in [-0.1, -0.05) is 29.8 Å². The highest BCUT2D eigenvalue weighted by atomic mass is 35.5. The lowest BCUT2D eigenvalue weighted by Crippen LogP contribution is -2.34. The summed E-state index contributed by atoms with van der Waals surface area (Å²) in [4.78, 5) is 4.63. The molecule has 0 radical (unpaired) electrons. The lowest BCUT2D eigenvalue weighted by atomic mass is 10.2. The lowest BCUT2D eigenvalue weighted by molar-refractivity contribution is -0.641. The van der Waals surface area contributed by atoms with Crippen molar-refractivity contribution in [2.24, 2.45) is 0 Å². The van der Waals surface area contributed by atoms with Crippen molar-refractivity contribution in [3.8, 4) is 0 Å². The van der Waals surface area contributed by atoms with Crippen LogP contribution in [0, 0.1) is 0 Å². The normalized spacial score (nSPS) is 11.2. The van der Waals surface area contributed by atoms with Gasteiger partial charge in [0.05, 0.1) is 5.02 Å². The topological polar surface area (TPSA) is 16.8 Å². The molecule has 0 fully saturated rings. The maximum atomic E-state index is 6.21. The number of rotatable bonds is 1. The number of nitrogens with zero attached hydrogens (tertiary/aromatic N) is 2. The van der Waals surface area contributed by atoms with Crippen LogP contribution in [0.25, 0.3) is 22.1 Å². The van der Waals surface area contributed by atoms with Gasteiger partial charge < -0.3 is 0 Å². The fourth-order valence-electron chi connectivity index (χ4n) is 2.21. The van der Waals surface area contributed by atoms with Gasteiger partial charge in [-0.25, -0.2) is 4.98 Å². The van der Waals surface area contributed by atoms with Crippen LogP contribution in [0.2, 0.25) is 5.02 Å². The largest absolute Gasteiger partial charge is 0.233 e. The molecule has 17 heavy (non-hydrogen) atoms. The molecule has 0 saturated heterocycles. The molecular formula is C14H12ClN2+. The molecule has 84 valence electrons. The Morgan fingerprint density at radius 1 is 1.06 bits per heavy atom. The van der Waals surface area contributed by atoms with Crippen molar-refractivity contribution in [3.63, 3.8) is 0 Å². The highest BCUT2D eigenvalue weighted by Crippen LogP contribution is 2.21. The van der Waals surface area contributed by atoms with Crippen molar-refractivity contribution < 1.29 is 4.57 Å². The van der Waals surface area contributed by atoms with E-state index in [2.05, 4.69) is 28.6 Å². The standard InChI is InChI=1S/C14H12ClN2/c1-2-17-12-8-4-3-7-11(12)16-14-10(15)6-5-9-13(14)17/h3-9H,2H2,1H3/q+1. The average molecular weight is 244 g/mol. The second kappa shape index (κ2) is 3.97. The van der Waals surface area contributed by atoms with Crippen molar-refractivity contribution in [1.82, 2.24) is 4.98 Å². The first-order chi connectivity index (χ1) is 8.31. The molecule has 2 nitrogen and oxygen atoms in total. The first-order valence-electron chi connectivity index (χ1n) is 5.68. The van der Waals surface area contributed by atoms with Crippen LogP contribution in [-0.2, 0) is 6.54 Å². The van der Waals surface area contributed by atoms with E-state index < -0.39 is 0 Å². The van der Waals surface area contributed by atoms with E-state index >= 15 is 0 Å². The molecule has 0 atom stereocenters. The minimum absolute atomic E-state index is 0.704. The molecule has 3 aromatic rings. The number of hydrogen-bond donors (Lipinski definition) is 0. The summed E-state index contributed by atoms with van der Waals surface area (Å²) in [6, 6.07) is 14.0. The van der Waals surface area contributed by atoms with Gasteiger partial charge in [0.25, 0.3) is 0 Å². The Labute approximate surface area is 104 Å². The van der Waals surface area contributed by atoms with Gasteiger partial charge in [-0.05, 0) is 19.1 Å². The molecule has 1 heterocycles. The summed E-state index contributed by atoms with van der Waals surface area (Å²) >= 11 is 6.21. The SMILES string of the molecule is CC[n+]1c2ccccc2nc2c(Cl)cccc21. The summed E-state index contributed by atoms with van der Waals surface area (Å²) in [7, 11) is 0. The van der Waals surface area contributed by atoms with E-state index in [1.54, 1.807) is 0 Å². The molecule has 0 saturated carbocycles. The van der Waals surface area contributed by atoms with Crippen molar-refractivity contribution in [3.05, 3.63) is 47.5 Å². The van der Waals surface area contributed by atoms with Crippen LogP contribution in [0.4, 0.5) is 0 Å². The molecule has 3 heteroatoms. The molecule has 0 aliphatic rings. The van der Waals surface area contributed by atoms with Gasteiger partial charge in [0, 0.05) is 12.1 Å². The van der Waals surface area contributed by atoms with E-state index in [0.717, 1.165) is 28.6 Å². The minimum atomic E-state index is 0.704. The maximum absolute atomic E-state index is 6.21. The molecule has 1 aromatic heterocycles. The number of aryl methyl sites for hydroxylation is 1. The van der Waals surface area contributed by atoms with Crippen LogP contribution in [0.5, 0.6) is 0 Å². The first kappa shape index (κ1) is 10.5. The molecule has 0 N–H and O–H groups in total. The van der Waals surface area contributed by atoms with Crippen LogP contribution >= 0.6 is 11.6 Å². The third-order valence-electron chi connectivity index (χ3n) is 2.98. The van der Waals surface area contributed by atoms with Crippen LogP contribution in [-0.4, -0.2) is 4.98 Å². The van der Waals surface area contributed by atoms with E-state index in [0.29, 0.717) is 5.02 Å². The predicted molar refractivity (Wildman–Crippen MR) is 70.1 cm³/mol. The zero-order valence-corrected chi connectivity index (χ0v) is 10.3. The summed E-state index contributed by atoms with van der Waals surface area (Å²) in [6.45, 7) is 3.03. The molecule has 0 aliphatic carbocycles. The number of aromatic nitrogens is 2. The summed E-state index contributed by atoms with van der Waals surface area (Å²) in [6.07, 6.45) is 0. The van der Waals surface area contributed by atoms with Gasteiger partial charge in [0.1, 0.15) is 12.1 Å². The molecular weight excluding hydrogens is 232 g/mol. The van der Waals surface area contributed by atoms with Crippen molar-refractivity contribution in [2.75, 3.05) is 0 Å². The zero-order chi connectivity index (χ0) is 11.8. The zero-order valence-electron chi connectivity index (χ0n) is 9.52. The smallest absolute Gasteiger partial charge is 0.233 e. The predicted octanol–water partition coefficient (Wildman–Crippen LogP) is 3.35.